The molecule has 2 N–H and O–H groups in total. The zero-order chi connectivity index (χ0) is 16.8. The summed E-state index contributed by atoms with van der Waals surface area (Å²) in [5.41, 5.74) is -1.60. The van der Waals surface area contributed by atoms with Crippen molar-refractivity contribution in [2.24, 2.45) is 5.92 Å². The first-order valence-electron chi connectivity index (χ1n) is 7.14. The lowest BCUT2D eigenvalue weighted by Gasteiger charge is -2.27. The lowest BCUT2D eigenvalue weighted by Crippen LogP contribution is -2.54. The van der Waals surface area contributed by atoms with E-state index in [2.05, 4.69) is 10.6 Å². The second kappa shape index (κ2) is 7.43. The molecule has 2 amide bonds. The van der Waals surface area contributed by atoms with E-state index in [4.69, 9.17) is 4.74 Å². The lowest BCUT2D eigenvalue weighted by atomic mass is 10.0. The van der Waals surface area contributed by atoms with E-state index in [-0.39, 0.29) is 5.92 Å². The molecule has 0 aliphatic carbocycles. The molecule has 0 aliphatic heterocycles. The fourth-order valence-electron chi connectivity index (χ4n) is 1.59. The zero-order valence-corrected chi connectivity index (χ0v) is 14.1. The molecule has 6 heteroatoms. The molecular formula is C15H28N2O4. The van der Waals surface area contributed by atoms with Crippen molar-refractivity contribution in [1.29, 1.82) is 0 Å². The standard InChI is InChI=1S/C15H28N2O4/c1-10(2)8-11(12(19)17-15(6,7)9-18)16-13(20)21-14(3,4)5/h9-11H,8H2,1-7H3,(H,16,20)(H,17,19)/t11-/m0/s1. The molecule has 122 valence electrons. The smallest absolute Gasteiger partial charge is 0.408 e. The van der Waals surface area contributed by atoms with Crippen LogP contribution in [0.1, 0.15) is 54.9 Å². The molecule has 6 nitrogen and oxygen atoms in total. The molecule has 0 rings (SSSR count). The number of hydrogen-bond acceptors (Lipinski definition) is 4. The third-order valence-electron chi connectivity index (χ3n) is 2.45. The average Bonchev–Trinajstić information content (AvgIpc) is 2.24. The topological polar surface area (TPSA) is 84.5 Å². The summed E-state index contributed by atoms with van der Waals surface area (Å²) in [6.45, 7) is 12.3. The Labute approximate surface area is 127 Å². The highest BCUT2D eigenvalue weighted by atomic mass is 16.6. The summed E-state index contributed by atoms with van der Waals surface area (Å²) in [5, 5.41) is 5.16. The SMILES string of the molecule is CC(C)C[C@H](NC(=O)OC(C)(C)C)C(=O)NC(C)(C)C=O. The maximum absolute atomic E-state index is 12.2. The van der Waals surface area contributed by atoms with Crippen LogP contribution in [0.15, 0.2) is 0 Å². The molecule has 0 saturated carbocycles. The molecule has 0 aromatic carbocycles. The molecule has 0 aromatic heterocycles. The van der Waals surface area contributed by atoms with Gasteiger partial charge in [0.2, 0.25) is 5.91 Å². The molecular weight excluding hydrogens is 272 g/mol. The van der Waals surface area contributed by atoms with Gasteiger partial charge in [0, 0.05) is 0 Å². The fourth-order valence-corrected chi connectivity index (χ4v) is 1.59. The summed E-state index contributed by atoms with van der Waals surface area (Å²) in [5.74, 6) is -0.193. The number of alkyl carbamates (subject to hydrolysis) is 1. The largest absolute Gasteiger partial charge is 0.444 e. The second-order valence-corrected chi connectivity index (χ2v) is 7.16. The highest BCUT2D eigenvalue weighted by molar-refractivity contribution is 5.88. The fraction of sp³-hybridized carbons (Fsp3) is 0.800. The van der Waals surface area contributed by atoms with Crippen molar-refractivity contribution in [2.45, 2.75) is 72.1 Å². The van der Waals surface area contributed by atoms with Crippen molar-refractivity contribution in [3.63, 3.8) is 0 Å². The minimum Gasteiger partial charge on any atom is -0.444 e. The monoisotopic (exact) mass is 300 g/mol. The number of ether oxygens (including phenoxy) is 1. The number of amides is 2. The van der Waals surface area contributed by atoms with Crippen LogP contribution >= 0.6 is 0 Å². The van der Waals surface area contributed by atoms with Gasteiger partial charge in [0.15, 0.2) is 0 Å². The average molecular weight is 300 g/mol. The molecule has 0 heterocycles. The van der Waals surface area contributed by atoms with Crippen molar-refractivity contribution in [3.8, 4) is 0 Å². The molecule has 21 heavy (non-hydrogen) atoms. The molecule has 0 unspecified atom stereocenters. The third-order valence-corrected chi connectivity index (χ3v) is 2.45. The summed E-state index contributed by atoms with van der Waals surface area (Å²) in [6, 6.07) is -0.737. The molecule has 0 fully saturated rings. The molecule has 0 radical (unpaired) electrons. The highest BCUT2D eigenvalue weighted by Gasteiger charge is 2.28. The van der Waals surface area contributed by atoms with Gasteiger partial charge < -0.3 is 20.2 Å². The molecule has 0 saturated heterocycles. The number of hydrogen-bond donors (Lipinski definition) is 2. The van der Waals surface area contributed by atoms with Crippen LogP contribution in [0.2, 0.25) is 0 Å². The van der Waals surface area contributed by atoms with E-state index in [1.807, 2.05) is 13.8 Å². The summed E-state index contributed by atoms with van der Waals surface area (Å²) in [4.78, 5) is 34.9. The molecule has 0 aliphatic rings. The maximum Gasteiger partial charge on any atom is 0.408 e. The van der Waals surface area contributed by atoms with Crippen LogP contribution in [0.25, 0.3) is 0 Å². The minimum absolute atomic E-state index is 0.204. The van der Waals surface area contributed by atoms with E-state index in [0.717, 1.165) is 0 Å². The number of nitrogens with one attached hydrogen (secondary N) is 2. The number of carbonyl (C=O) groups is 3. The lowest BCUT2D eigenvalue weighted by molar-refractivity contribution is -0.127. The summed E-state index contributed by atoms with van der Waals surface area (Å²) in [7, 11) is 0. The van der Waals surface area contributed by atoms with Gasteiger partial charge in [-0.1, -0.05) is 13.8 Å². The zero-order valence-electron chi connectivity index (χ0n) is 14.1. The Morgan fingerprint density at radius 3 is 2.05 bits per heavy atom. The molecule has 0 spiro atoms. The first kappa shape index (κ1) is 19.4. The van der Waals surface area contributed by atoms with E-state index in [0.29, 0.717) is 12.7 Å². The summed E-state index contributed by atoms with van der Waals surface area (Å²) >= 11 is 0. The van der Waals surface area contributed by atoms with E-state index >= 15 is 0 Å². The van der Waals surface area contributed by atoms with Crippen LogP contribution in [0.3, 0.4) is 0 Å². The van der Waals surface area contributed by atoms with Gasteiger partial charge in [0.05, 0.1) is 5.54 Å². The van der Waals surface area contributed by atoms with E-state index in [1.54, 1.807) is 34.6 Å². The van der Waals surface area contributed by atoms with Gasteiger partial charge in [0.1, 0.15) is 17.9 Å². The maximum atomic E-state index is 12.2. The summed E-state index contributed by atoms with van der Waals surface area (Å²) < 4.78 is 5.16. The summed E-state index contributed by atoms with van der Waals surface area (Å²) in [6.07, 6.45) is 0.470. The molecule has 1 atom stereocenters. The normalized spacial score (nSPS) is 13.5. The Morgan fingerprint density at radius 2 is 1.67 bits per heavy atom. The molecule has 0 aromatic rings. The number of rotatable bonds is 6. The van der Waals surface area contributed by atoms with Crippen LogP contribution in [0, 0.1) is 5.92 Å². The van der Waals surface area contributed by atoms with Crippen LogP contribution in [0.5, 0.6) is 0 Å². The Hall–Kier alpha value is -1.59. The first-order valence-corrected chi connectivity index (χ1v) is 7.14. The van der Waals surface area contributed by atoms with Gasteiger partial charge in [-0.25, -0.2) is 4.79 Å². The van der Waals surface area contributed by atoms with Crippen molar-refractivity contribution in [1.82, 2.24) is 10.6 Å². The van der Waals surface area contributed by atoms with Gasteiger partial charge in [0.25, 0.3) is 0 Å². The quantitative estimate of drug-likeness (QED) is 0.735. The Kier molecular flexibility index (Phi) is 6.86. The van der Waals surface area contributed by atoms with E-state index in [1.165, 1.54) is 0 Å². The van der Waals surface area contributed by atoms with Crippen molar-refractivity contribution < 1.29 is 19.1 Å². The Bertz CT molecular complexity index is 384. The minimum atomic E-state index is -0.970. The third kappa shape index (κ3) is 9.05. The van der Waals surface area contributed by atoms with Crippen molar-refractivity contribution >= 4 is 18.3 Å². The Balaban J connectivity index is 4.84. The number of carbonyl (C=O) groups excluding carboxylic acids is 3. The van der Waals surface area contributed by atoms with Crippen LogP contribution < -0.4 is 10.6 Å². The van der Waals surface area contributed by atoms with Gasteiger partial charge in [-0.2, -0.15) is 0 Å². The first-order chi connectivity index (χ1) is 9.36. The predicted molar refractivity (Wildman–Crippen MR) is 80.9 cm³/mol. The molecule has 0 bridgehead atoms. The van der Waals surface area contributed by atoms with Crippen LogP contribution in [-0.2, 0) is 14.3 Å². The van der Waals surface area contributed by atoms with Gasteiger partial charge in [-0.3, -0.25) is 4.79 Å². The van der Waals surface area contributed by atoms with Crippen LogP contribution in [0.4, 0.5) is 4.79 Å². The highest BCUT2D eigenvalue weighted by Crippen LogP contribution is 2.10. The van der Waals surface area contributed by atoms with Crippen molar-refractivity contribution in [3.05, 3.63) is 0 Å². The van der Waals surface area contributed by atoms with E-state index < -0.39 is 29.2 Å². The van der Waals surface area contributed by atoms with Crippen LogP contribution in [-0.4, -0.2) is 35.5 Å². The van der Waals surface area contributed by atoms with Gasteiger partial charge in [-0.15, -0.1) is 0 Å². The Morgan fingerprint density at radius 1 is 1.14 bits per heavy atom. The number of aldehydes is 1. The predicted octanol–water partition coefficient (Wildman–Crippen LogP) is 2.02. The van der Waals surface area contributed by atoms with Gasteiger partial charge in [-0.05, 0) is 47.0 Å². The second-order valence-electron chi connectivity index (χ2n) is 7.16. The van der Waals surface area contributed by atoms with Gasteiger partial charge >= 0.3 is 6.09 Å². The van der Waals surface area contributed by atoms with E-state index in [9.17, 15) is 14.4 Å². The van der Waals surface area contributed by atoms with Crippen molar-refractivity contribution in [2.75, 3.05) is 0 Å².